The molecule has 146 valence electrons. The number of aliphatic hydroxyl groups excluding tert-OH is 1. The molecule has 5 nitrogen and oxygen atoms in total. The zero-order valence-electron chi connectivity index (χ0n) is 15.8. The van der Waals surface area contributed by atoms with E-state index in [1.807, 2.05) is 61.2 Å². The SMILES string of the molecule is Cc1oc(-c2ccccc2)nc1C(O)COc1ccc(CC2CNCS2)cc1. The Balaban J connectivity index is 1.35. The summed E-state index contributed by atoms with van der Waals surface area (Å²) < 4.78 is 11.5. The third-order valence-corrected chi connectivity index (χ3v) is 5.93. The first-order valence-corrected chi connectivity index (χ1v) is 10.5. The summed E-state index contributed by atoms with van der Waals surface area (Å²) >= 11 is 1.96. The molecule has 0 aliphatic carbocycles. The third kappa shape index (κ3) is 4.58. The molecule has 28 heavy (non-hydrogen) atoms. The van der Waals surface area contributed by atoms with Crippen molar-refractivity contribution in [2.45, 2.75) is 24.7 Å². The van der Waals surface area contributed by atoms with E-state index >= 15 is 0 Å². The van der Waals surface area contributed by atoms with Crippen LogP contribution >= 0.6 is 11.8 Å². The van der Waals surface area contributed by atoms with Crippen molar-refractivity contribution < 1.29 is 14.3 Å². The summed E-state index contributed by atoms with van der Waals surface area (Å²) in [5.74, 6) is 2.89. The molecule has 0 saturated carbocycles. The molecule has 1 fully saturated rings. The lowest BCUT2D eigenvalue weighted by Gasteiger charge is -2.12. The number of nitrogens with one attached hydrogen (secondary N) is 1. The topological polar surface area (TPSA) is 67.5 Å². The van der Waals surface area contributed by atoms with Crippen molar-refractivity contribution in [2.75, 3.05) is 19.0 Å². The minimum Gasteiger partial charge on any atom is -0.490 e. The summed E-state index contributed by atoms with van der Waals surface area (Å²) in [5.41, 5.74) is 2.70. The van der Waals surface area contributed by atoms with E-state index < -0.39 is 6.10 Å². The average molecular weight is 397 g/mol. The highest BCUT2D eigenvalue weighted by Gasteiger charge is 2.19. The van der Waals surface area contributed by atoms with Gasteiger partial charge < -0.3 is 19.6 Å². The summed E-state index contributed by atoms with van der Waals surface area (Å²) in [6, 6.07) is 17.8. The van der Waals surface area contributed by atoms with Crippen LogP contribution in [0, 0.1) is 6.92 Å². The number of thioether (sulfide) groups is 1. The Hall–Kier alpha value is -2.28. The van der Waals surface area contributed by atoms with Gasteiger partial charge in [-0.25, -0.2) is 4.98 Å². The fourth-order valence-electron chi connectivity index (χ4n) is 3.25. The molecule has 2 unspecified atom stereocenters. The van der Waals surface area contributed by atoms with Crippen LogP contribution in [0.25, 0.3) is 11.5 Å². The minimum absolute atomic E-state index is 0.128. The van der Waals surface area contributed by atoms with Gasteiger partial charge in [0, 0.05) is 23.2 Å². The van der Waals surface area contributed by atoms with E-state index in [0.717, 1.165) is 30.2 Å². The number of aliphatic hydroxyl groups is 1. The van der Waals surface area contributed by atoms with E-state index in [1.54, 1.807) is 0 Å². The van der Waals surface area contributed by atoms with Crippen LogP contribution in [0.1, 0.15) is 23.1 Å². The summed E-state index contributed by atoms with van der Waals surface area (Å²) in [6.07, 6.45) is 0.211. The lowest BCUT2D eigenvalue weighted by atomic mass is 10.1. The zero-order valence-corrected chi connectivity index (χ0v) is 16.6. The highest BCUT2D eigenvalue weighted by atomic mass is 32.2. The lowest BCUT2D eigenvalue weighted by Crippen LogP contribution is -2.14. The first-order valence-electron chi connectivity index (χ1n) is 9.44. The van der Waals surface area contributed by atoms with E-state index in [4.69, 9.17) is 9.15 Å². The van der Waals surface area contributed by atoms with E-state index in [0.29, 0.717) is 22.6 Å². The Morgan fingerprint density at radius 3 is 2.71 bits per heavy atom. The van der Waals surface area contributed by atoms with Gasteiger partial charge in [0.05, 0.1) is 0 Å². The standard InChI is InChI=1S/C22H24N2O3S/c1-15-21(24-22(27-15)17-5-3-2-4-6-17)20(25)13-26-18-9-7-16(8-10-18)11-19-12-23-14-28-19/h2-10,19-20,23,25H,11-14H2,1H3. The Kier molecular flexibility index (Phi) is 6.00. The number of rotatable bonds is 7. The lowest BCUT2D eigenvalue weighted by molar-refractivity contribution is 0.104. The van der Waals surface area contributed by atoms with Crippen LogP contribution in [-0.4, -0.2) is 34.4 Å². The molecular weight excluding hydrogens is 372 g/mol. The van der Waals surface area contributed by atoms with Crippen LogP contribution in [0.3, 0.4) is 0 Å². The van der Waals surface area contributed by atoms with Crippen LogP contribution < -0.4 is 10.1 Å². The number of hydrogen-bond donors (Lipinski definition) is 2. The second-order valence-electron chi connectivity index (χ2n) is 6.89. The number of oxazole rings is 1. The van der Waals surface area contributed by atoms with Crippen molar-refractivity contribution in [3.63, 3.8) is 0 Å². The van der Waals surface area contributed by atoms with Crippen molar-refractivity contribution in [3.05, 3.63) is 71.6 Å². The monoisotopic (exact) mass is 396 g/mol. The first-order chi connectivity index (χ1) is 13.7. The second-order valence-corrected chi connectivity index (χ2v) is 8.18. The van der Waals surface area contributed by atoms with Crippen LogP contribution in [0.2, 0.25) is 0 Å². The molecule has 3 aromatic rings. The Morgan fingerprint density at radius 1 is 1.21 bits per heavy atom. The maximum atomic E-state index is 10.5. The molecule has 0 radical (unpaired) electrons. The predicted octanol–water partition coefficient (Wildman–Crippen LogP) is 3.97. The zero-order chi connectivity index (χ0) is 19.3. The van der Waals surface area contributed by atoms with Crippen molar-refractivity contribution in [1.29, 1.82) is 0 Å². The Morgan fingerprint density at radius 2 is 2.00 bits per heavy atom. The largest absolute Gasteiger partial charge is 0.490 e. The van der Waals surface area contributed by atoms with Gasteiger partial charge >= 0.3 is 0 Å². The minimum atomic E-state index is -0.846. The molecule has 4 rings (SSSR count). The van der Waals surface area contributed by atoms with Crippen molar-refractivity contribution in [2.24, 2.45) is 0 Å². The number of hydrogen-bond acceptors (Lipinski definition) is 6. The fourth-order valence-corrected chi connectivity index (χ4v) is 4.26. The molecule has 0 amide bonds. The molecule has 1 aromatic heterocycles. The molecule has 0 spiro atoms. The van der Waals surface area contributed by atoms with Crippen LogP contribution in [-0.2, 0) is 6.42 Å². The molecular formula is C22H24N2O3S. The molecule has 1 saturated heterocycles. The van der Waals surface area contributed by atoms with Crippen LogP contribution in [0.5, 0.6) is 5.75 Å². The summed E-state index contributed by atoms with van der Waals surface area (Å²) in [6.45, 7) is 3.00. The van der Waals surface area contributed by atoms with Crippen LogP contribution in [0.15, 0.2) is 59.0 Å². The smallest absolute Gasteiger partial charge is 0.226 e. The molecule has 2 N–H and O–H groups in total. The van der Waals surface area contributed by atoms with E-state index in [1.165, 1.54) is 5.56 Å². The molecule has 2 aromatic carbocycles. The fraction of sp³-hybridized carbons (Fsp3) is 0.318. The first kappa shape index (κ1) is 19.1. The average Bonchev–Trinajstić information content (AvgIpc) is 3.37. The third-order valence-electron chi connectivity index (χ3n) is 4.76. The molecule has 2 heterocycles. The van der Waals surface area contributed by atoms with Gasteiger partial charge in [0.25, 0.3) is 0 Å². The highest BCUT2D eigenvalue weighted by Crippen LogP contribution is 2.26. The maximum Gasteiger partial charge on any atom is 0.226 e. The van der Waals surface area contributed by atoms with Crippen molar-refractivity contribution in [1.82, 2.24) is 10.3 Å². The van der Waals surface area contributed by atoms with Crippen LogP contribution in [0.4, 0.5) is 0 Å². The number of aryl methyl sites for hydroxylation is 1. The number of benzene rings is 2. The Bertz CT molecular complexity index is 890. The van der Waals surface area contributed by atoms with E-state index in [2.05, 4.69) is 22.4 Å². The summed E-state index contributed by atoms with van der Waals surface area (Å²) in [7, 11) is 0. The molecule has 1 aliphatic rings. The van der Waals surface area contributed by atoms with Gasteiger partial charge in [-0.2, -0.15) is 0 Å². The Labute approximate surface area is 169 Å². The van der Waals surface area contributed by atoms with Gasteiger partial charge in [0.1, 0.15) is 29.9 Å². The van der Waals surface area contributed by atoms with Gasteiger partial charge in [-0.15, -0.1) is 11.8 Å². The van der Waals surface area contributed by atoms with Gasteiger partial charge in [-0.05, 0) is 43.2 Å². The number of aromatic nitrogens is 1. The summed E-state index contributed by atoms with van der Waals surface area (Å²) in [4.78, 5) is 4.46. The van der Waals surface area contributed by atoms with Gasteiger partial charge in [0.15, 0.2) is 0 Å². The molecule has 6 heteroatoms. The maximum absolute atomic E-state index is 10.5. The molecule has 0 bridgehead atoms. The molecule has 2 atom stereocenters. The van der Waals surface area contributed by atoms with E-state index in [-0.39, 0.29) is 6.61 Å². The highest BCUT2D eigenvalue weighted by molar-refractivity contribution is 8.00. The number of nitrogens with zero attached hydrogens (tertiary/aromatic N) is 1. The van der Waals surface area contributed by atoms with Crippen molar-refractivity contribution in [3.8, 4) is 17.2 Å². The van der Waals surface area contributed by atoms with Gasteiger partial charge in [0.2, 0.25) is 5.89 Å². The van der Waals surface area contributed by atoms with Gasteiger partial charge in [-0.1, -0.05) is 30.3 Å². The summed E-state index contributed by atoms with van der Waals surface area (Å²) in [5, 5.41) is 14.5. The van der Waals surface area contributed by atoms with Gasteiger partial charge in [-0.3, -0.25) is 0 Å². The van der Waals surface area contributed by atoms with Crippen molar-refractivity contribution >= 4 is 11.8 Å². The van der Waals surface area contributed by atoms with E-state index in [9.17, 15) is 5.11 Å². The second kappa shape index (κ2) is 8.82. The normalized spacial score (nSPS) is 17.6. The number of ether oxygens (including phenoxy) is 1. The molecule has 1 aliphatic heterocycles. The quantitative estimate of drug-likeness (QED) is 0.630. The predicted molar refractivity (Wildman–Crippen MR) is 112 cm³/mol.